The largest absolute Gasteiger partial charge is 0.354 e. The van der Waals surface area contributed by atoms with Crippen molar-refractivity contribution in [1.82, 2.24) is 19.1 Å². The molecule has 0 amide bonds. The van der Waals surface area contributed by atoms with Crippen LogP contribution in [0.25, 0.3) is 11.4 Å². The molecular formula is C18H28N4O4S2. The molecule has 28 heavy (non-hydrogen) atoms. The molecule has 0 aliphatic carbocycles. The molecule has 0 spiro atoms. The number of thioether (sulfide) groups is 1. The fourth-order valence-electron chi connectivity index (χ4n) is 2.48. The van der Waals surface area contributed by atoms with Crippen LogP contribution in [0.2, 0.25) is 0 Å². The molecule has 1 aromatic carbocycles. The summed E-state index contributed by atoms with van der Waals surface area (Å²) in [5.41, 5.74) is 0.670. The summed E-state index contributed by atoms with van der Waals surface area (Å²) in [7, 11) is 2.63. The van der Waals surface area contributed by atoms with Gasteiger partial charge in [-0.15, -0.1) is 10.2 Å². The van der Waals surface area contributed by atoms with Crippen LogP contribution in [0.5, 0.6) is 0 Å². The van der Waals surface area contributed by atoms with E-state index in [0.717, 1.165) is 23.8 Å². The van der Waals surface area contributed by atoms with Gasteiger partial charge in [-0.2, -0.15) is 0 Å². The molecule has 8 nitrogen and oxygen atoms in total. The van der Waals surface area contributed by atoms with Gasteiger partial charge >= 0.3 is 0 Å². The Morgan fingerprint density at radius 1 is 1.21 bits per heavy atom. The van der Waals surface area contributed by atoms with Gasteiger partial charge < -0.3 is 9.47 Å². The standard InChI is InChI=1S/C18H28N4O4S2/c1-6-7-11-27-18-20-19-17(22(18)13-16(25-4)26-5)14-9-8-10-15(12-14)28(23,24)21(2)3/h8-10,12,16H,6-7,11,13H2,1-5H3. The fourth-order valence-corrected chi connectivity index (χ4v) is 4.46. The molecule has 0 N–H and O–H groups in total. The minimum absolute atomic E-state index is 0.208. The Hall–Kier alpha value is -1.46. The van der Waals surface area contributed by atoms with E-state index in [1.165, 1.54) is 18.4 Å². The van der Waals surface area contributed by atoms with Gasteiger partial charge in [0, 0.05) is 39.6 Å². The second-order valence-electron chi connectivity index (χ2n) is 6.34. The Balaban J connectivity index is 2.47. The smallest absolute Gasteiger partial charge is 0.242 e. The zero-order valence-electron chi connectivity index (χ0n) is 17.0. The summed E-state index contributed by atoms with van der Waals surface area (Å²) in [6.45, 7) is 2.54. The molecule has 0 fully saturated rings. The normalized spacial score (nSPS) is 12.2. The first-order chi connectivity index (χ1) is 13.3. The van der Waals surface area contributed by atoms with E-state index in [2.05, 4.69) is 17.1 Å². The van der Waals surface area contributed by atoms with E-state index in [1.807, 2.05) is 10.6 Å². The topological polar surface area (TPSA) is 86.6 Å². The second kappa shape index (κ2) is 10.4. The molecular weight excluding hydrogens is 400 g/mol. The van der Waals surface area contributed by atoms with Crippen LogP contribution in [0.4, 0.5) is 0 Å². The van der Waals surface area contributed by atoms with Crippen molar-refractivity contribution in [2.75, 3.05) is 34.1 Å². The summed E-state index contributed by atoms with van der Waals surface area (Å²) < 4.78 is 38.8. The molecule has 0 radical (unpaired) electrons. The van der Waals surface area contributed by atoms with Crippen LogP contribution in [0.15, 0.2) is 34.3 Å². The molecule has 0 saturated heterocycles. The highest BCUT2D eigenvalue weighted by molar-refractivity contribution is 7.99. The number of hydrogen-bond donors (Lipinski definition) is 0. The number of rotatable bonds is 11. The lowest BCUT2D eigenvalue weighted by Crippen LogP contribution is -2.22. The van der Waals surface area contributed by atoms with E-state index in [1.54, 1.807) is 44.2 Å². The molecule has 1 heterocycles. The van der Waals surface area contributed by atoms with Gasteiger partial charge in [0.05, 0.1) is 11.4 Å². The van der Waals surface area contributed by atoms with Crippen molar-refractivity contribution in [3.05, 3.63) is 24.3 Å². The molecule has 0 unspecified atom stereocenters. The van der Waals surface area contributed by atoms with E-state index in [9.17, 15) is 8.42 Å². The van der Waals surface area contributed by atoms with Crippen LogP contribution in [0.3, 0.4) is 0 Å². The second-order valence-corrected chi connectivity index (χ2v) is 9.55. The van der Waals surface area contributed by atoms with Crippen LogP contribution in [0, 0.1) is 0 Å². The highest BCUT2D eigenvalue weighted by Crippen LogP contribution is 2.27. The van der Waals surface area contributed by atoms with Crippen molar-refractivity contribution >= 4 is 21.8 Å². The number of methoxy groups -OCH3 is 2. The summed E-state index contributed by atoms with van der Waals surface area (Å²) in [6.07, 6.45) is 1.70. The van der Waals surface area contributed by atoms with Crippen LogP contribution < -0.4 is 0 Å². The van der Waals surface area contributed by atoms with E-state index >= 15 is 0 Å². The van der Waals surface area contributed by atoms with Crippen LogP contribution in [0.1, 0.15) is 19.8 Å². The highest BCUT2D eigenvalue weighted by atomic mass is 32.2. The van der Waals surface area contributed by atoms with Crippen molar-refractivity contribution in [1.29, 1.82) is 0 Å². The lowest BCUT2D eigenvalue weighted by molar-refractivity contribution is -0.111. The number of hydrogen-bond acceptors (Lipinski definition) is 7. The Kier molecular flexibility index (Phi) is 8.44. The average Bonchev–Trinajstić information content (AvgIpc) is 3.08. The molecule has 2 aromatic rings. The third-order valence-corrected chi connectivity index (χ3v) is 7.04. The maximum atomic E-state index is 12.5. The minimum atomic E-state index is -3.54. The maximum absolute atomic E-state index is 12.5. The molecule has 0 atom stereocenters. The van der Waals surface area contributed by atoms with Crippen LogP contribution in [-0.2, 0) is 26.0 Å². The summed E-state index contributed by atoms with van der Waals surface area (Å²) in [4.78, 5) is 0.208. The van der Waals surface area contributed by atoms with Crippen molar-refractivity contribution in [2.24, 2.45) is 0 Å². The van der Waals surface area contributed by atoms with Gasteiger partial charge in [0.15, 0.2) is 17.3 Å². The maximum Gasteiger partial charge on any atom is 0.242 e. The first-order valence-electron chi connectivity index (χ1n) is 8.99. The van der Waals surface area contributed by atoms with Gasteiger partial charge in [-0.25, -0.2) is 12.7 Å². The molecule has 10 heteroatoms. The summed E-state index contributed by atoms with van der Waals surface area (Å²) in [6, 6.07) is 6.72. The van der Waals surface area contributed by atoms with Gasteiger partial charge in [0.1, 0.15) is 0 Å². The molecule has 0 aliphatic rings. The molecule has 0 saturated carbocycles. The lowest BCUT2D eigenvalue weighted by Gasteiger charge is -2.17. The fraction of sp³-hybridized carbons (Fsp3) is 0.556. The van der Waals surface area contributed by atoms with E-state index in [0.29, 0.717) is 17.9 Å². The Labute approximate surface area is 171 Å². The molecule has 2 rings (SSSR count). The third kappa shape index (κ3) is 5.32. The first kappa shape index (κ1) is 22.8. The Morgan fingerprint density at radius 3 is 2.54 bits per heavy atom. The van der Waals surface area contributed by atoms with Crippen LogP contribution >= 0.6 is 11.8 Å². The zero-order chi connectivity index (χ0) is 20.7. The third-order valence-electron chi connectivity index (χ3n) is 4.17. The van der Waals surface area contributed by atoms with E-state index < -0.39 is 16.3 Å². The van der Waals surface area contributed by atoms with Crippen molar-refractivity contribution in [2.45, 2.75) is 42.7 Å². The van der Waals surface area contributed by atoms with Gasteiger partial charge in [-0.1, -0.05) is 37.2 Å². The van der Waals surface area contributed by atoms with Crippen molar-refractivity contribution in [3.8, 4) is 11.4 Å². The minimum Gasteiger partial charge on any atom is -0.354 e. The number of aromatic nitrogens is 3. The molecule has 1 aromatic heterocycles. The first-order valence-corrected chi connectivity index (χ1v) is 11.4. The summed E-state index contributed by atoms with van der Waals surface area (Å²) in [5.74, 6) is 1.50. The van der Waals surface area contributed by atoms with Gasteiger partial charge in [-0.05, 0) is 18.6 Å². The van der Waals surface area contributed by atoms with Gasteiger partial charge in [-0.3, -0.25) is 4.57 Å². The highest BCUT2D eigenvalue weighted by Gasteiger charge is 2.21. The summed E-state index contributed by atoms with van der Waals surface area (Å²) >= 11 is 1.62. The SMILES string of the molecule is CCCCSc1nnc(-c2cccc(S(=O)(=O)N(C)C)c2)n1CC(OC)OC. The number of sulfonamides is 1. The van der Waals surface area contributed by atoms with Crippen molar-refractivity contribution < 1.29 is 17.9 Å². The monoisotopic (exact) mass is 428 g/mol. The lowest BCUT2D eigenvalue weighted by atomic mass is 10.2. The van der Waals surface area contributed by atoms with E-state index in [4.69, 9.17) is 9.47 Å². The number of benzene rings is 1. The zero-order valence-corrected chi connectivity index (χ0v) is 18.6. The van der Waals surface area contributed by atoms with E-state index in [-0.39, 0.29) is 4.90 Å². The number of unbranched alkanes of at least 4 members (excludes halogenated alkanes) is 1. The summed E-state index contributed by atoms with van der Waals surface area (Å²) in [5, 5.41) is 9.40. The van der Waals surface area contributed by atoms with Crippen molar-refractivity contribution in [3.63, 3.8) is 0 Å². The Morgan fingerprint density at radius 2 is 1.93 bits per heavy atom. The number of ether oxygens (including phenoxy) is 2. The molecule has 0 bridgehead atoms. The van der Waals surface area contributed by atoms with Gasteiger partial charge in [0.25, 0.3) is 0 Å². The quantitative estimate of drug-likeness (QED) is 0.309. The molecule has 156 valence electrons. The average molecular weight is 429 g/mol. The van der Waals surface area contributed by atoms with Gasteiger partial charge in [0.2, 0.25) is 10.0 Å². The predicted molar refractivity (Wildman–Crippen MR) is 110 cm³/mol. The Bertz CT molecular complexity index is 864. The molecule has 0 aliphatic heterocycles. The number of nitrogens with zero attached hydrogens (tertiary/aromatic N) is 4. The predicted octanol–water partition coefficient (Wildman–Crippen LogP) is 2.71. The van der Waals surface area contributed by atoms with Crippen LogP contribution in [-0.4, -0.2) is 67.8 Å².